The van der Waals surface area contributed by atoms with Gasteiger partial charge in [0.25, 0.3) is 0 Å². The zero-order chi connectivity index (χ0) is 20.4. The molecular formula is C22H27N5OS. The molecule has 0 bridgehead atoms. The molecule has 1 atom stereocenters. The van der Waals surface area contributed by atoms with Crippen molar-refractivity contribution in [1.82, 2.24) is 24.8 Å². The number of piperidine rings is 1. The number of carbonyl (C=O) groups excluding carboxylic acids is 1. The number of H-pyrrole nitrogens is 1. The van der Waals surface area contributed by atoms with Crippen molar-refractivity contribution < 1.29 is 4.79 Å². The molecule has 1 N–H and O–H groups in total. The Morgan fingerprint density at radius 3 is 2.69 bits per heavy atom. The number of rotatable bonds is 5. The van der Waals surface area contributed by atoms with E-state index >= 15 is 0 Å². The Balaban J connectivity index is 1.41. The number of likely N-dealkylation sites (tertiary alicyclic amines) is 1. The summed E-state index contributed by atoms with van der Waals surface area (Å²) in [5.74, 6) is 1.47. The first-order valence-corrected chi connectivity index (χ1v) is 11.4. The maximum atomic E-state index is 12.9. The van der Waals surface area contributed by atoms with Crippen molar-refractivity contribution >= 4 is 28.7 Å². The molecule has 0 unspecified atom stereocenters. The summed E-state index contributed by atoms with van der Waals surface area (Å²) < 4.78 is 0. The van der Waals surface area contributed by atoms with Gasteiger partial charge in [0, 0.05) is 36.8 Å². The number of carbonyl (C=O) groups is 1. The van der Waals surface area contributed by atoms with Crippen molar-refractivity contribution in [2.45, 2.75) is 50.6 Å². The largest absolute Gasteiger partial charge is 0.342 e. The van der Waals surface area contributed by atoms with E-state index in [0.717, 1.165) is 64.9 Å². The molecule has 3 aromatic rings. The zero-order valence-corrected chi connectivity index (χ0v) is 18.1. The third kappa shape index (κ3) is 4.29. The van der Waals surface area contributed by atoms with Crippen LogP contribution in [0, 0.1) is 13.8 Å². The maximum absolute atomic E-state index is 12.9. The highest BCUT2D eigenvalue weighted by Crippen LogP contribution is 2.27. The number of nitrogens with zero attached hydrogens (tertiary/aromatic N) is 4. The minimum Gasteiger partial charge on any atom is -0.342 e. The van der Waals surface area contributed by atoms with Crippen molar-refractivity contribution in [3.8, 4) is 0 Å². The molecule has 1 aliphatic rings. The number of amides is 1. The number of benzene rings is 1. The number of aryl methyl sites for hydroxylation is 2. The molecule has 29 heavy (non-hydrogen) atoms. The molecule has 152 valence electrons. The Kier molecular flexibility index (Phi) is 5.85. The second-order valence-corrected chi connectivity index (χ2v) is 8.45. The van der Waals surface area contributed by atoms with Gasteiger partial charge < -0.3 is 9.88 Å². The monoisotopic (exact) mass is 409 g/mol. The standard InChI is InChI=1S/C22H27N5OS/c1-14-17(15(2)24-22(23-14)29-3)10-11-20(28)27-12-6-7-16(13-27)21-25-18-8-4-5-9-19(18)26-21/h4-5,8-9,16H,6-7,10-13H2,1-3H3,(H,25,26)/t16-/m1/s1. The van der Waals surface area contributed by atoms with Crippen LogP contribution in [0.3, 0.4) is 0 Å². The number of fused-ring (bicyclic) bond motifs is 1. The van der Waals surface area contributed by atoms with E-state index < -0.39 is 0 Å². The van der Waals surface area contributed by atoms with Crippen LogP contribution in [0.1, 0.15) is 48.0 Å². The molecule has 1 saturated heterocycles. The van der Waals surface area contributed by atoms with Crippen LogP contribution in [0.4, 0.5) is 0 Å². The van der Waals surface area contributed by atoms with Crippen LogP contribution in [0.5, 0.6) is 0 Å². The number of nitrogens with one attached hydrogen (secondary N) is 1. The molecule has 0 spiro atoms. The van der Waals surface area contributed by atoms with Gasteiger partial charge in [-0.2, -0.15) is 0 Å². The molecule has 1 aromatic carbocycles. The van der Waals surface area contributed by atoms with Gasteiger partial charge in [0.05, 0.1) is 11.0 Å². The Morgan fingerprint density at radius 1 is 1.21 bits per heavy atom. The molecule has 3 heterocycles. The quantitative estimate of drug-likeness (QED) is 0.509. The molecule has 1 fully saturated rings. The van der Waals surface area contributed by atoms with Gasteiger partial charge in [0.15, 0.2) is 5.16 Å². The van der Waals surface area contributed by atoms with Gasteiger partial charge in [-0.3, -0.25) is 4.79 Å². The summed E-state index contributed by atoms with van der Waals surface area (Å²) in [7, 11) is 0. The van der Waals surface area contributed by atoms with Crippen LogP contribution in [0.2, 0.25) is 0 Å². The van der Waals surface area contributed by atoms with E-state index in [1.807, 2.05) is 49.3 Å². The third-order valence-corrected chi connectivity index (χ3v) is 6.29. The van der Waals surface area contributed by atoms with Crippen molar-refractivity contribution in [2.24, 2.45) is 0 Å². The van der Waals surface area contributed by atoms with Crippen LogP contribution >= 0.6 is 11.8 Å². The lowest BCUT2D eigenvalue weighted by Gasteiger charge is -2.32. The van der Waals surface area contributed by atoms with Crippen molar-refractivity contribution in [3.05, 3.63) is 47.0 Å². The minimum absolute atomic E-state index is 0.207. The first-order valence-electron chi connectivity index (χ1n) is 10.2. The second-order valence-electron chi connectivity index (χ2n) is 7.68. The number of imidazole rings is 1. The Labute approximate surface area is 175 Å². The predicted molar refractivity (Wildman–Crippen MR) is 116 cm³/mol. The van der Waals surface area contributed by atoms with Gasteiger partial charge in [-0.05, 0) is 57.1 Å². The lowest BCUT2D eigenvalue weighted by atomic mass is 9.96. The summed E-state index contributed by atoms with van der Waals surface area (Å²) >= 11 is 1.55. The van der Waals surface area contributed by atoms with Crippen molar-refractivity contribution in [1.29, 1.82) is 0 Å². The molecule has 1 aliphatic heterocycles. The number of hydrogen-bond acceptors (Lipinski definition) is 5. The van der Waals surface area contributed by atoms with E-state index in [0.29, 0.717) is 12.8 Å². The van der Waals surface area contributed by atoms with Gasteiger partial charge in [-0.1, -0.05) is 23.9 Å². The molecule has 1 amide bonds. The van der Waals surface area contributed by atoms with E-state index in [-0.39, 0.29) is 11.8 Å². The van der Waals surface area contributed by atoms with E-state index in [1.165, 1.54) is 0 Å². The summed E-state index contributed by atoms with van der Waals surface area (Å²) in [6.07, 6.45) is 5.24. The van der Waals surface area contributed by atoms with Gasteiger partial charge in [-0.25, -0.2) is 15.0 Å². The molecule has 0 saturated carbocycles. The number of hydrogen-bond donors (Lipinski definition) is 1. The summed E-state index contributed by atoms with van der Waals surface area (Å²) in [5.41, 5.74) is 5.11. The Hall–Kier alpha value is -2.41. The second kappa shape index (κ2) is 8.53. The van der Waals surface area contributed by atoms with Crippen LogP contribution < -0.4 is 0 Å². The molecule has 0 aliphatic carbocycles. The predicted octanol–water partition coefficient (Wildman–Crippen LogP) is 4.03. The Morgan fingerprint density at radius 2 is 1.97 bits per heavy atom. The number of aromatic nitrogens is 4. The lowest BCUT2D eigenvalue weighted by molar-refractivity contribution is -0.132. The molecule has 2 aromatic heterocycles. The molecule has 4 rings (SSSR count). The van der Waals surface area contributed by atoms with Crippen LogP contribution in [0.15, 0.2) is 29.4 Å². The number of thioether (sulfide) groups is 1. The molecule has 0 radical (unpaired) electrons. The topological polar surface area (TPSA) is 74.8 Å². The van der Waals surface area contributed by atoms with E-state index in [1.54, 1.807) is 11.8 Å². The van der Waals surface area contributed by atoms with Crippen molar-refractivity contribution in [3.63, 3.8) is 0 Å². The highest BCUT2D eigenvalue weighted by atomic mass is 32.2. The average molecular weight is 410 g/mol. The zero-order valence-electron chi connectivity index (χ0n) is 17.2. The number of aromatic amines is 1. The van der Waals surface area contributed by atoms with E-state index in [9.17, 15) is 4.79 Å². The first kappa shape index (κ1) is 19.9. The average Bonchev–Trinajstić information content (AvgIpc) is 3.17. The highest BCUT2D eigenvalue weighted by molar-refractivity contribution is 7.98. The lowest BCUT2D eigenvalue weighted by Crippen LogP contribution is -2.39. The van der Waals surface area contributed by atoms with E-state index in [4.69, 9.17) is 4.98 Å². The SMILES string of the molecule is CSc1nc(C)c(CCC(=O)N2CCC[C@@H](c3nc4ccccc4[nH]3)C2)c(C)n1. The van der Waals surface area contributed by atoms with Crippen molar-refractivity contribution in [2.75, 3.05) is 19.3 Å². The third-order valence-electron chi connectivity index (χ3n) is 5.74. The molecule has 6 nitrogen and oxygen atoms in total. The fraction of sp³-hybridized carbons (Fsp3) is 0.455. The fourth-order valence-electron chi connectivity index (χ4n) is 4.14. The Bertz CT molecular complexity index is 975. The smallest absolute Gasteiger partial charge is 0.222 e. The van der Waals surface area contributed by atoms with Gasteiger partial charge in [0.1, 0.15) is 5.82 Å². The van der Waals surface area contributed by atoms with E-state index in [2.05, 4.69) is 15.0 Å². The van der Waals surface area contributed by atoms with Crippen LogP contribution in [-0.2, 0) is 11.2 Å². The van der Waals surface area contributed by atoms with Gasteiger partial charge >= 0.3 is 0 Å². The van der Waals surface area contributed by atoms with Gasteiger partial charge in [0.2, 0.25) is 5.91 Å². The first-order chi connectivity index (χ1) is 14.0. The highest BCUT2D eigenvalue weighted by Gasteiger charge is 2.26. The minimum atomic E-state index is 0.207. The number of para-hydroxylation sites is 2. The van der Waals surface area contributed by atoms with Crippen LogP contribution in [0.25, 0.3) is 11.0 Å². The summed E-state index contributed by atoms with van der Waals surface area (Å²) in [6, 6.07) is 8.09. The van der Waals surface area contributed by atoms with Crippen LogP contribution in [-0.4, -0.2) is 50.1 Å². The summed E-state index contributed by atoms with van der Waals surface area (Å²) in [6.45, 7) is 5.58. The summed E-state index contributed by atoms with van der Waals surface area (Å²) in [4.78, 5) is 32.2. The normalized spacial score (nSPS) is 17.1. The fourth-order valence-corrected chi connectivity index (χ4v) is 4.60. The molecule has 7 heteroatoms. The van der Waals surface area contributed by atoms with Gasteiger partial charge in [-0.15, -0.1) is 0 Å². The maximum Gasteiger partial charge on any atom is 0.222 e. The molecular weight excluding hydrogens is 382 g/mol. The summed E-state index contributed by atoms with van der Waals surface area (Å²) in [5, 5.41) is 0.791.